The number of nitrogens with zero attached hydrogens (tertiary/aromatic N) is 1. The first-order valence-electron chi connectivity index (χ1n) is 8.93. The number of aryl methyl sites for hydroxylation is 2. The molecule has 1 aliphatic heterocycles. The molecule has 1 saturated heterocycles. The molecule has 3 rings (SSSR count). The summed E-state index contributed by atoms with van der Waals surface area (Å²) in [5, 5.41) is 2.86. The molecule has 1 heterocycles. The van der Waals surface area contributed by atoms with Gasteiger partial charge in [-0.05, 0) is 55.7 Å². The molecule has 2 aromatic carbocycles. The van der Waals surface area contributed by atoms with Crippen LogP contribution in [0.1, 0.15) is 34.3 Å². The number of benzene rings is 2. The molecule has 0 radical (unpaired) electrons. The second-order valence-corrected chi connectivity index (χ2v) is 6.57. The molecule has 1 fully saturated rings. The first kappa shape index (κ1) is 18.0. The lowest BCUT2D eigenvalue weighted by Crippen LogP contribution is -2.29. The standard InChI is InChI=1S/C21H24N2O3/c1-15-8-9-16(2)19(13-15)26-12-10-22-21(25)17-5-3-6-18(14-17)23-11-4-7-20(23)24/h3,5-6,8-9,13-14H,4,7,10-12H2,1-2H3,(H,22,25). The van der Waals surface area contributed by atoms with Crippen molar-refractivity contribution in [3.63, 3.8) is 0 Å². The van der Waals surface area contributed by atoms with Gasteiger partial charge < -0.3 is 15.0 Å². The Bertz CT molecular complexity index is 817. The minimum absolute atomic E-state index is 0.115. The molecule has 1 aliphatic rings. The van der Waals surface area contributed by atoms with Crippen molar-refractivity contribution in [2.24, 2.45) is 0 Å². The Morgan fingerprint density at radius 1 is 1.19 bits per heavy atom. The van der Waals surface area contributed by atoms with E-state index in [9.17, 15) is 9.59 Å². The Labute approximate surface area is 154 Å². The fraction of sp³-hybridized carbons (Fsp3) is 0.333. The van der Waals surface area contributed by atoms with Crippen molar-refractivity contribution >= 4 is 17.5 Å². The molecule has 5 heteroatoms. The van der Waals surface area contributed by atoms with Gasteiger partial charge in [0.2, 0.25) is 5.91 Å². The lowest BCUT2D eigenvalue weighted by Gasteiger charge is -2.16. The lowest BCUT2D eigenvalue weighted by molar-refractivity contribution is -0.117. The summed E-state index contributed by atoms with van der Waals surface area (Å²) in [7, 11) is 0. The zero-order valence-electron chi connectivity index (χ0n) is 15.2. The van der Waals surface area contributed by atoms with Crippen LogP contribution in [0.5, 0.6) is 5.75 Å². The number of amides is 2. The fourth-order valence-electron chi connectivity index (χ4n) is 3.03. The van der Waals surface area contributed by atoms with E-state index in [-0.39, 0.29) is 11.8 Å². The van der Waals surface area contributed by atoms with Gasteiger partial charge in [0.1, 0.15) is 12.4 Å². The van der Waals surface area contributed by atoms with Gasteiger partial charge in [-0.3, -0.25) is 9.59 Å². The number of rotatable bonds is 6. The second kappa shape index (κ2) is 8.04. The zero-order chi connectivity index (χ0) is 18.5. The maximum absolute atomic E-state index is 12.4. The predicted molar refractivity (Wildman–Crippen MR) is 102 cm³/mol. The number of carbonyl (C=O) groups is 2. The molecule has 2 aromatic rings. The van der Waals surface area contributed by atoms with Gasteiger partial charge in [-0.1, -0.05) is 18.2 Å². The van der Waals surface area contributed by atoms with Crippen LogP contribution in [0, 0.1) is 13.8 Å². The Morgan fingerprint density at radius 2 is 2.04 bits per heavy atom. The average molecular weight is 352 g/mol. The lowest BCUT2D eigenvalue weighted by atomic mass is 10.1. The molecule has 1 N–H and O–H groups in total. The van der Waals surface area contributed by atoms with E-state index in [0.29, 0.717) is 31.7 Å². The van der Waals surface area contributed by atoms with Crippen LogP contribution in [0.15, 0.2) is 42.5 Å². The number of nitrogens with one attached hydrogen (secondary N) is 1. The van der Waals surface area contributed by atoms with E-state index < -0.39 is 0 Å². The summed E-state index contributed by atoms with van der Waals surface area (Å²) in [5.74, 6) is 0.793. The maximum Gasteiger partial charge on any atom is 0.251 e. The van der Waals surface area contributed by atoms with Crippen molar-refractivity contribution in [1.82, 2.24) is 5.32 Å². The summed E-state index contributed by atoms with van der Waals surface area (Å²) in [4.78, 5) is 26.0. The van der Waals surface area contributed by atoms with Gasteiger partial charge in [-0.15, -0.1) is 0 Å². The monoisotopic (exact) mass is 352 g/mol. The van der Waals surface area contributed by atoms with Crippen LogP contribution in [0.4, 0.5) is 5.69 Å². The fourth-order valence-corrected chi connectivity index (χ4v) is 3.03. The highest BCUT2D eigenvalue weighted by atomic mass is 16.5. The molecule has 26 heavy (non-hydrogen) atoms. The molecule has 0 aromatic heterocycles. The van der Waals surface area contributed by atoms with Crippen molar-refractivity contribution < 1.29 is 14.3 Å². The first-order valence-corrected chi connectivity index (χ1v) is 8.93. The van der Waals surface area contributed by atoms with E-state index in [2.05, 4.69) is 5.32 Å². The molecule has 0 unspecified atom stereocenters. The molecular weight excluding hydrogens is 328 g/mol. The Kier molecular flexibility index (Phi) is 5.56. The zero-order valence-corrected chi connectivity index (χ0v) is 15.2. The molecule has 0 aliphatic carbocycles. The second-order valence-electron chi connectivity index (χ2n) is 6.57. The highest BCUT2D eigenvalue weighted by Gasteiger charge is 2.22. The van der Waals surface area contributed by atoms with Crippen LogP contribution in [0.25, 0.3) is 0 Å². The number of ether oxygens (including phenoxy) is 1. The molecule has 0 spiro atoms. The van der Waals surface area contributed by atoms with Crippen molar-refractivity contribution in [2.75, 3.05) is 24.6 Å². The van der Waals surface area contributed by atoms with Gasteiger partial charge >= 0.3 is 0 Å². The van der Waals surface area contributed by atoms with Gasteiger partial charge in [-0.2, -0.15) is 0 Å². The van der Waals surface area contributed by atoms with E-state index in [0.717, 1.165) is 29.0 Å². The molecule has 0 saturated carbocycles. The minimum atomic E-state index is -0.164. The van der Waals surface area contributed by atoms with Crippen LogP contribution in [-0.4, -0.2) is 31.5 Å². The van der Waals surface area contributed by atoms with E-state index in [4.69, 9.17) is 4.74 Å². The Hall–Kier alpha value is -2.82. The number of hydrogen-bond acceptors (Lipinski definition) is 3. The third kappa shape index (κ3) is 4.23. The minimum Gasteiger partial charge on any atom is -0.491 e. The van der Waals surface area contributed by atoms with Crippen LogP contribution in [0.2, 0.25) is 0 Å². The first-order chi connectivity index (χ1) is 12.5. The Morgan fingerprint density at radius 3 is 2.81 bits per heavy atom. The van der Waals surface area contributed by atoms with E-state index in [1.807, 2.05) is 44.2 Å². The molecule has 0 bridgehead atoms. The quantitative estimate of drug-likeness (QED) is 0.812. The average Bonchev–Trinajstić information content (AvgIpc) is 3.07. The topological polar surface area (TPSA) is 58.6 Å². The third-order valence-electron chi connectivity index (χ3n) is 4.48. The summed E-state index contributed by atoms with van der Waals surface area (Å²) >= 11 is 0. The van der Waals surface area contributed by atoms with E-state index in [1.54, 1.807) is 17.0 Å². The summed E-state index contributed by atoms with van der Waals surface area (Å²) in [6.45, 7) is 5.55. The molecule has 5 nitrogen and oxygen atoms in total. The Balaban J connectivity index is 1.53. The van der Waals surface area contributed by atoms with Gasteiger partial charge in [0.25, 0.3) is 5.91 Å². The number of hydrogen-bond donors (Lipinski definition) is 1. The normalized spacial score (nSPS) is 13.8. The number of anilines is 1. The molecule has 2 amide bonds. The molecule has 136 valence electrons. The van der Waals surface area contributed by atoms with Crippen molar-refractivity contribution in [2.45, 2.75) is 26.7 Å². The van der Waals surface area contributed by atoms with E-state index in [1.165, 1.54) is 0 Å². The summed E-state index contributed by atoms with van der Waals surface area (Å²) in [6, 6.07) is 13.3. The highest BCUT2D eigenvalue weighted by molar-refractivity contribution is 5.99. The van der Waals surface area contributed by atoms with Gasteiger partial charge in [0.05, 0.1) is 6.54 Å². The van der Waals surface area contributed by atoms with Crippen molar-refractivity contribution in [3.8, 4) is 5.75 Å². The van der Waals surface area contributed by atoms with Crippen LogP contribution < -0.4 is 15.0 Å². The van der Waals surface area contributed by atoms with Crippen LogP contribution in [0.3, 0.4) is 0 Å². The van der Waals surface area contributed by atoms with Crippen LogP contribution >= 0.6 is 0 Å². The van der Waals surface area contributed by atoms with Crippen LogP contribution in [-0.2, 0) is 4.79 Å². The van der Waals surface area contributed by atoms with E-state index >= 15 is 0 Å². The third-order valence-corrected chi connectivity index (χ3v) is 4.48. The molecular formula is C21H24N2O3. The summed E-state index contributed by atoms with van der Waals surface area (Å²) < 4.78 is 5.76. The van der Waals surface area contributed by atoms with Gasteiger partial charge in [0, 0.05) is 24.2 Å². The maximum atomic E-state index is 12.4. The van der Waals surface area contributed by atoms with Crippen molar-refractivity contribution in [3.05, 3.63) is 59.2 Å². The summed E-state index contributed by atoms with van der Waals surface area (Å²) in [6.07, 6.45) is 1.44. The van der Waals surface area contributed by atoms with Crippen molar-refractivity contribution in [1.29, 1.82) is 0 Å². The summed E-state index contributed by atoms with van der Waals surface area (Å²) in [5.41, 5.74) is 3.55. The van der Waals surface area contributed by atoms with Gasteiger partial charge in [-0.25, -0.2) is 0 Å². The number of carbonyl (C=O) groups excluding carboxylic acids is 2. The predicted octanol–water partition coefficient (Wildman–Crippen LogP) is 3.24. The SMILES string of the molecule is Cc1ccc(C)c(OCCNC(=O)c2cccc(N3CCCC3=O)c2)c1. The highest BCUT2D eigenvalue weighted by Crippen LogP contribution is 2.22. The van der Waals surface area contributed by atoms with Gasteiger partial charge in [0.15, 0.2) is 0 Å². The largest absolute Gasteiger partial charge is 0.491 e. The molecule has 0 atom stereocenters. The smallest absolute Gasteiger partial charge is 0.251 e.